The van der Waals surface area contributed by atoms with Crippen LogP contribution in [0.3, 0.4) is 0 Å². The molecule has 0 spiro atoms. The SMILES string of the molecule is CCCN(CCC)CCCNC(=O)[C@H]1c2ccccc2C(=O)N(CCOC)[C@@H]1c1cccs1. The summed E-state index contributed by atoms with van der Waals surface area (Å²) in [6, 6.07) is 11.2. The summed E-state index contributed by atoms with van der Waals surface area (Å²) < 4.78 is 5.29. The highest BCUT2D eigenvalue weighted by molar-refractivity contribution is 7.10. The van der Waals surface area contributed by atoms with Gasteiger partial charge >= 0.3 is 0 Å². The Morgan fingerprint density at radius 3 is 2.55 bits per heavy atom. The van der Waals surface area contributed by atoms with Gasteiger partial charge in [-0.3, -0.25) is 9.59 Å². The lowest BCUT2D eigenvalue weighted by molar-refractivity contribution is -0.124. The molecule has 33 heavy (non-hydrogen) atoms. The zero-order valence-corrected chi connectivity index (χ0v) is 20.9. The molecule has 0 saturated carbocycles. The number of hydrogen-bond acceptors (Lipinski definition) is 5. The molecular formula is C26H37N3O3S. The van der Waals surface area contributed by atoms with Crippen LogP contribution in [0.4, 0.5) is 0 Å². The van der Waals surface area contributed by atoms with E-state index in [0.717, 1.165) is 49.3 Å². The fourth-order valence-corrected chi connectivity index (χ4v) is 5.55. The van der Waals surface area contributed by atoms with Crippen molar-refractivity contribution in [2.24, 2.45) is 0 Å². The minimum atomic E-state index is -0.447. The number of fused-ring (bicyclic) bond motifs is 1. The van der Waals surface area contributed by atoms with E-state index in [0.29, 0.717) is 25.3 Å². The molecule has 0 fully saturated rings. The normalized spacial score (nSPS) is 17.9. The predicted octanol–water partition coefficient (Wildman–Crippen LogP) is 4.30. The first-order chi connectivity index (χ1) is 16.1. The summed E-state index contributed by atoms with van der Waals surface area (Å²) in [5.74, 6) is -0.509. The summed E-state index contributed by atoms with van der Waals surface area (Å²) in [5, 5.41) is 5.19. The van der Waals surface area contributed by atoms with Crippen LogP contribution < -0.4 is 5.32 Å². The number of carbonyl (C=O) groups is 2. The fourth-order valence-electron chi connectivity index (χ4n) is 4.68. The molecule has 7 heteroatoms. The van der Waals surface area contributed by atoms with Gasteiger partial charge in [0, 0.05) is 30.6 Å². The van der Waals surface area contributed by atoms with E-state index in [-0.39, 0.29) is 17.9 Å². The van der Waals surface area contributed by atoms with E-state index in [4.69, 9.17) is 4.74 Å². The van der Waals surface area contributed by atoms with E-state index < -0.39 is 5.92 Å². The number of nitrogens with one attached hydrogen (secondary N) is 1. The van der Waals surface area contributed by atoms with Crippen molar-refractivity contribution in [1.82, 2.24) is 15.1 Å². The molecule has 0 saturated heterocycles. The molecular weight excluding hydrogens is 434 g/mol. The van der Waals surface area contributed by atoms with Crippen molar-refractivity contribution in [3.05, 3.63) is 57.8 Å². The van der Waals surface area contributed by atoms with E-state index in [9.17, 15) is 9.59 Å². The molecule has 1 aromatic carbocycles. The largest absolute Gasteiger partial charge is 0.383 e. The van der Waals surface area contributed by atoms with E-state index in [1.807, 2.05) is 46.7 Å². The zero-order valence-electron chi connectivity index (χ0n) is 20.1. The van der Waals surface area contributed by atoms with Crippen LogP contribution in [0, 0.1) is 0 Å². The molecule has 2 atom stereocenters. The Labute approximate surface area is 201 Å². The lowest BCUT2D eigenvalue weighted by Gasteiger charge is -2.41. The molecule has 0 bridgehead atoms. The maximum absolute atomic E-state index is 13.6. The van der Waals surface area contributed by atoms with Gasteiger partial charge in [-0.25, -0.2) is 0 Å². The lowest BCUT2D eigenvalue weighted by Crippen LogP contribution is -2.48. The molecule has 2 heterocycles. The van der Waals surface area contributed by atoms with Gasteiger partial charge in [-0.1, -0.05) is 38.1 Å². The number of methoxy groups -OCH3 is 1. The van der Waals surface area contributed by atoms with Gasteiger partial charge < -0.3 is 19.9 Å². The molecule has 0 unspecified atom stereocenters. The van der Waals surface area contributed by atoms with Crippen molar-refractivity contribution < 1.29 is 14.3 Å². The van der Waals surface area contributed by atoms with Crippen molar-refractivity contribution in [3.8, 4) is 0 Å². The Hall–Kier alpha value is -2.22. The number of rotatable bonds is 13. The van der Waals surface area contributed by atoms with Gasteiger partial charge in [0.25, 0.3) is 5.91 Å². The summed E-state index contributed by atoms with van der Waals surface area (Å²) >= 11 is 1.59. The number of hydrogen-bond donors (Lipinski definition) is 1. The molecule has 1 aliphatic rings. The minimum absolute atomic E-state index is 0.0201. The maximum Gasteiger partial charge on any atom is 0.254 e. The van der Waals surface area contributed by atoms with Gasteiger partial charge in [-0.15, -0.1) is 11.3 Å². The number of nitrogens with zero attached hydrogens (tertiary/aromatic N) is 2. The highest BCUT2D eigenvalue weighted by atomic mass is 32.1. The maximum atomic E-state index is 13.6. The number of benzene rings is 1. The van der Waals surface area contributed by atoms with Gasteiger partial charge in [-0.05, 0) is 62.0 Å². The summed E-state index contributed by atoms with van der Waals surface area (Å²) in [5.41, 5.74) is 1.42. The van der Waals surface area contributed by atoms with Crippen LogP contribution in [-0.4, -0.2) is 68.1 Å². The van der Waals surface area contributed by atoms with Crippen molar-refractivity contribution in [2.45, 2.75) is 45.1 Å². The molecule has 2 amide bonds. The van der Waals surface area contributed by atoms with Gasteiger partial charge in [0.2, 0.25) is 5.91 Å². The van der Waals surface area contributed by atoms with Crippen molar-refractivity contribution in [2.75, 3.05) is 46.4 Å². The highest BCUT2D eigenvalue weighted by Crippen LogP contribution is 2.44. The summed E-state index contributed by atoms with van der Waals surface area (Å²) in [6.45, 7) is 9.07. The van der Waals surface area contributed by atoms with Gasteiger partial charge in [-0.2, -0.15) is 0 Å². The average Bonchev–Trinajstić information content (AvgIpc) is 3.36. The number of ether oxygens (including phenoxy) is 1. The molecule has 180 valence electrons. The topological polar surface area (TPSA) is 61.9 Å². The summed E-state index contributed by atoms with van der Waals surface area (Å²) in [6.07, 6.45) is 3.19. The first-order valence-electron chi connectivity index (χ1n) is 12.0. The van der Waals surface area contributed by atoms with Gasteiger partial charge in [0.15, 0.2) is 0 Å². The molecule has 1 aliphatic heterocycles. The third kappa shape index (κ3) is 6.22. The monoisotopic (exact) mass is 471 g/mol. The van der Waals surface area contributed by atoms with Gasteiger partial charge in [0.1, 0.15) is 0 Å². The Kier molecular flexibility index (Phi) is 9.91. The Balaban J connectivity index is 1.81. The molecule has 2 aromatic rings. The Bertz CT molecular complexity index is 881. The zero-order chi connectivity index (χ0) is 23.6. The number of amides is 2. The molecule has 0 radical (unpaired) electrons. The van der Waals surface area contributed by atoms with E-state index in [2.05, 4.69) is 24.1 Å². The second kappa shape index (κ2) is 12.9. The Morgan fingerprint density at radius 1 is 1.12 bits per heavy atom. The third-order valence-corrected chi connectivity index (χ3v) is 7.07. The summed E-state index contributed by atoms with van der Waals surface area (Å²) in [4.78, 5) is 32.3. The standard InChI is InChI=1S/C26H37N3O3S/c1-4-14-28(15-5-2)16-9-13-27-25(30)23-20-10-6-7-11-21(20)26(31)29(17-18-32-3)24(23)22-12-8-19-33-22/h6-8,10-12,19,23-24H,4-5,9,13-18H2,1-3H3,(H,27,30)/t23-,24+/m0/s1. The van der Waals surface area contributed by atoms with Crippen molar-refractivity contribution in [3.63, 3.8) is 0 Å². The summed E-state index contributed by atoms with van der Waals surface area (Å²) in [7, 11) is 1.63. The van der Waals surface area contributed by atoms with E-state index in [1.165, 1.54) is 0 Å². The van der Waals surface area contributed by atoms with Crippen LogP contribution >= 0.6 is 11.3 Å². The quantitative estimate of drug-likeness (QED) is 0.443. The molecule has 3 rings (SSSR count). The van der Waals surface area contributed by atoms with Crippen LogP contribution in [0.1, 0.15) is 65.9 Å². The fraction of sp³-hybridized carbons (Fsp3) is 0.538. The van der Waals surface area contributed by atoms with Crippen LogP contribution in [0.15, 0.2) is 41.8 Å². The minimum Gasteiger partial charge on any atom is -0.383 e. The number of thiophene rings is 1. The average molecular weight is 472 g/mol. The molecule has 1 aromatic heterocycles. The number of carbonyl (C=O) groups excluding carboxylic acids is 2. The first-order valence-corrected chi connectivity index (χ1v) is 12.9. The second-order valence-corrected chi connectivity index (χ2v) is 9.48. The molecule has 1 N–H and O–H groups in total. The van der Waals surface area contributed by atoms with Crippen LogP contribution in [0.25, 0.3) is 0 Å². The highest BCUT2D eigenvalue weighted by Gasteiger charge is 2.44. The molecule has 0 aliphatic carbocycles. The first kappa shape index (κ1) is 25.4. The Morgan fingerprint density at radius 2 is 1.88 bits per heavy atom. The third-order valence-electron chi connectivity index (χ3n) is 6.12. The van der Waals surface area contributed by atoms with Crippen LogP contribution in [0.5, 0.6) is 0 Å². The van der Waals surface area contributed by atoms with Gasteiger partial charge in [0.05, 0.1) is 18.6 Å². The lowest BCUT2D eigenvalue weighted by atomic mass is 9.81. The van der Waals surface area contributed by atoms with E-state index >= 15 is 0 Å². The van der Waals surface area contributed by atoms with E-state index in [1.54, 1.807) is 18.4 Å². The van der Waals surface area contributed by atoms with Crippen LogP contribution in [0.2, 0.25) is 0 Å². The van der Waals surface area contributed by atoms with Crippen LogP contribution in [-0.2, 0) is 9.53 Å². The molecule has 6 nitrogen and oxygen atoms in total. The second-order valence-electron chi connectivity index (χ2n) is 8.50. The van der Waals surface area contributed by atoms with Crippen molar-refractivity contribution >= 4 is 23.2 Å². The van der Waals surface area contributed by atoms with Crippen molar-refractivity contribution in [1.29, 1.82) is 0 Å². The smallest absolute Gasteiger partial charge is 0.254 e. The predicted molar refractivity (Wildman–Crippen MR) is 134 cm³/mol.